The highest BCUT2D eigenvalue weighted by Gasteiger charge is 2.87. The van der Waals surface area contributed by atoms with Gasteiger partial charge in [-0.1, -0.05) is 27.7 Å². The van der Waals surface area contributed by atoms with Crippen LogP contribution in [0, 0.1) is 11.8 Å². The smallest absolute Gasteiger partial charge is 0.384 e. The van der Waals surface area contributed by atoms with Crippen molar-refractivity contribution in [2.24, 2.45) is 11.8 Å². The third-order valence-corrected chi connectivity index (χ3v) is 4.57. The van der Waals surface area contributed by atoms with Crippen LogP contribution in [0.3, 0.4) is 0 Å². The number of hydrogen-bond donors (Lipinski definition) is 0. The molecule has 0 aliphatic carbocycles. The maximum atomic E-state index is 13.3. The largest absolute Gasteiger partial charge is 0.469 e. The fraction of sp³-hybridized carbons (Fsp3) is 0.889. The maximum Gasteiger partial charge on any atom is 0.384 e. The Hall–Kier alpha value is -1.90. The molecule has 16 heteroatoms. The molecule has 0 amide bonds. The van der Waals surface area contributed by atoms with Crippen molar-refractivity contribution in [1.29, 1.82) is 0 Å². The first-order chi connectivity index (χ1) is 15.0. The van der Waals surface area contributed by atoms with Crippen molar-refractivity contribution in [1.82, 2.24) is 0 Å². The highest BCUT2D eigenvalue weighted by Crippen LogP contribution is 2.58. The third-order valence-electron chi connectivity index (χ3n) is 4.57. The fourth-order valence-corrected chi connectivity index (χ4v) is 1.70. The Morgan fingerprint density at radius 2 is 1.09 bits per heavy atom. The first-order valence-electron chi connectivity index (χ1n) is 9.44. The predicted octanol–water partition coefficient (Wildman–Crippen LogP) is 6.22. The Bertz CT molecular complexity index is 667. The standard InChI is InChI=1S/C12H12F12O2.C6H12O2/c1-3-5(2)6(25)26-4-8(15,16)10(19,20)12(23,24)11(21,22)9(17,18)7(13)14;1-4-5(2)6(7)8-3/h5,7H,3-4H2,1-2H3;5H,4H2,1-3H3. The van der Waals surface area contributed by atoms with Crippen molar-refractivity contribution in [3.8, 4) is 0 Å². The van der Waals surface area contributed by atoms with Crippen LogP contribution in [-0.2, 0) is 19.1 Å². The Kier molecular flexibility index (Phi) is 12.3. The van der Waals surface area contributed by atoms with Crippen molar-refractivity contribution >= 4 is 11.9 Å². The summed E-state index contributed by atoms with van der Waals surface area (Å²) in [6, 6.07) is 0. The van der Waals surface area contributed by atoms with E-state index in [-0.39, 0.29) is 18.3 Å². The SMILES string of the molecule is CCC(C)C(=O)OC.CCC(C)C(=O)OCC(F)(F)C(F)(F)C(F)(F)C(F)(F)C(F)(F)C(F)F. The third kappa shape index (κ3) is 7.06. The molecule has 0 saturated heterocycles. The second kappa shape index (κ2) is 12.2. The molecule has 0 radical (unpaired) electrons. The Balaban J connectivity index is 0. The molecule has 0 aromatic carbocycles. The molecule has 0 aliphatic heterocycles. The molecule has 0 aliphatic rings. The summed E-state index contributed by atoms with van der Waals surface area (Å²) in [4.78, 5) is 21.6. The van der Waals surface area contributed by atoms with Crippen LogP contribution in [0.2, 0.25) is 0 Å². The first kappa shape index (κ1) is 34.3. The average molecular weight is 532 g/mol. The topological polar surface area (TPSA) is 52.6 Å². The number of carbonyl (C=O) groups excluding carboxylic acids is 2. The number of ether oxygens (including phenoxy) is 2. The summed E-state index contributed by atoms with van der Waals surface area (Å²) in [5.74, 6) is -38.6. The Morgan fingerprint density at radius 1 is 0.706 bits per heavy atom. The Morgan fingerprint density at radius 3 is 1.38 bits per heavy atom. The van der Waals surface area contributed by atoms with Gasteiger partial charge in [0.1, 0.15) is 0 Å². The van der Waals surface area contributed by atoms with Gasteiger partial charge in [0.05, 0.1) is 18.9 Å². The van der Waals surface area contributed by atoms with Crippen molar-refractivity contribution < 1.29 is 71.7 Å². The van der Waals surface area contributed by atoms with Crippen LogP contribution < -0.4 is 0 Å². The lowest BCUT2D eigenvalue weighted by molar-refractivity contribution is -0.414. The summed E-state index contributed by atoms with van der Waals surface area (Å²) in [6.07, 6.45) is -4.77. The quantitative estimate of drug-likeness (QED) is 0.234. The van der Waals surface area contributed by atoms with E-state index in [1.54, 1.807) is 0 Å². The van der Waals surface area contributed by atoms with Crippen molar-refractivity contribution in [2.75, 3.05) is 13.7 Å². The zero-order chi connectivity index (χ0) is 27.9. The second-order valence-electron chi connectivity index (χ2n) is 7.10. The summed E-state index contributed by atoms with van der Waals surface area (Å²) in [7, 11) is 1.41. The van der Waals surface area contributed by atoms with E-state index in [0.717, 1.165) is 13.3 Å². The molecule has 2 atom stereocenters. The van der Waals surface area contributed by atoms with E-state index < -0.39 is 54.5 Å². The number of carbonyl (C=O) groups is 2. The Labute approximate surface area is 186 Å². The highest BCUT2D eigenvalue weighted by atomic mass is 19.4. The molecule has 2 unspecified atom stereocenters. The summed E-state index contributed by atoms with van der Waals surface area (Å²) in [5, 5.41) is 0. The zero-order valence-electron chi connectivity index (χ0n) is 18.5. The molecule has 0 spiro atoms. The number of halogens is 12. The van der Waals surface area contributed by atoms with Crippen molar-refractivity contribution in [2.45, 2.75) is 76.6 Å². The van der Waals surface area contributed by atoms with Gasteiger partial charge in [0.2, 0.25) is 0 Å². The monoisotopic (exact) mass is 532 g/mol. The molecule has 204 valence electrons. The fourth-order valence-electron chi connectivity index (χ4n) is 1.70. The van der Waals surface area contributed by atoms with Gasteiger partial charge in [0, 0.05) is 0 Å². The van der Waals surface area contributed by atoms with E-state index in [1.807, 2.05) is 13.8 Å². The van der Waals surface area contributed by atoms with Crippen LogP contribution >= 0.6 is 0 Å². The summed E-state index contributed by atoms with van der Waals surface area (Å²) < 4.78 is 162. The minimum atomic E-state index is -7.62. The molecule has 34 heavy (non-hydrogen) atoms. The molecule has 0 saturated carbocycles. The molecule has 0 bridgehead atoms. The molecule has 0 N–H and O–H groups in total. The summed E-state index contributed by atoms with van der Waals surface area (Å²) in [6.45, 7) is 3.33. The maximum absolute atomic E-state index is 13.3. The van der Waals surface area contributed by atoms with Crippen molar-refractivity contribution in [3.63, 3.8) is 0 Å². The average Bonchev–Trinajstić information content (AvgIpc) is 2.75. The molecule has 0 fully saturated rings. The van der Waals surface area contributed by atoms with Crippen LogP contribution in [0.1, 0.15) is 40.5 Å². The van der Waals surface area contributed by atoms with Gasteiger partial charge in [-0.05, 0) is 12.8 Å². The lowest BCUT2D eigenvalue weighted by Crippen LogP contribution is -2.69. The van der Waals surface area contributed by atoms with E-state index >= 15 is 0 Å². The lowest BCUT2D eigenvalue weighted by Gasteiger charge is -2.38. The van der Waals surface area contributed by atoms with E-state index in [2.05, 4.69) is 9.47 Å². The van der Waals surface area contributed by atoms with Gasteiger partial charge >= 0.3 is 48.0 Å². The number of alkyl halides is 12. The predicted molar refractivity (Wildman–Crippen MR) is 92.6 cm³/mol. The second-order valence-corrected chi connectivity index (χ2v) is 7.10. The number of rotatable bonds is 11. The first-order valence-corrected chi connectivity index (χ1v) is 9.44. The number of esters is 2. The summed E-state index contributed by atoms with van der Waals surface area (Å²) >= 11 is 0. The number of hydrogen-bond acceptors (Lipinski definition) is 4. The van der Waals surface area contributed by atoms with Crippen LogP contribution in [0.4, 0.5) is 52.7 Å². The van der Waals surface area contributed by atoms with Gasteiger partial charge in [-0.3, -0.25) is 9.59 Å². The van der Waals surface area contributed by atoms with Gasteiger partial charge < -0.3 is 9.47 Å². The highest BCUT2D eigenvalue weighted by molar-refractivity contribution is 5.72. The van der Waals surface area contributed by atoms with E-state index in [9.17, 15) is 62.3 Å². The van der Waals surface area contributed by atoms with Gasteiger partial charge in [-0.2, -0.15) is 43.9 Å². The lowest BCUT2D eigenvalue weighted by atomic mass is 9.94. The van der Waals surface area contributed by atoms with E-state index in [1.165, 1.54) is 14.0 Å². The van der Waals surface area contributed by atoms with Gasteiger partial charge in [-0.25, -0.2) is 8.78 Å². The number of methoxy groups -OCH3 is 1. The molecular weight excluding hydrogens is 508 g/mol. The molecular formula is C18H24F12O4. The minimum Gasteiger partial charge on any atom is -0.469 e. The van der Waals surface area contributed by atoms with Crippen LogP contribution in [0.15, 0.2) is 0 Å². The van der Waals surface area contributed by atoms with E-state index in [4.69, 9.17) is 0 Å². The molecule has 0 heterocycles. The normalized spacial score (nSPS) is 15.2. The van der Waals surface area contributed by atoms with Gasteiger partial charge in [0.15, 0.2) is 6.61 Å². The van der Waals surface area contributed by atoms with Crippen LogP contribution in [0.5, 0.6) is 0 Å². The van der Waals surface area contributed by atoms with Crippen LogP contribution in [-0.4, -0.2) is 61.7 Å². The van der Waals surface area contributed by atoms with Gasteiger partial charge in [-0.15, -0.1) is 0 Å². The zero-order valence-corrected chi connectivity index (χ0v) is 18.5. The molecule has 4 nitrogen and oxygen atoms in total. The van der Waals surface area contributed by atoms with Crippen molar-refractivity contribution in [3.05, 3.63) is 0 Å². The molecule has 0 aromatic rings. The molecule has 0 rings (SSSR count). The summed E-state index contributed by atoms with van der Waals surface area (Å²) in [5.41, 5.74) is 0. The van der Waals surface area contributed by atoms with Gasteiger partial charge in [0.25, 0.3) is 0 Å². The van der Waals surface area contributed by atoms with Crippen LogP contribution in [0.25, 0.3) is 0 Å². The minimum absolute atomic E-state index is 0.0556. The van der Waals surface area contributed by atoms with E-state index in [0.29, 0.717) is 0 Å². The molecule has 0 aromatic heterocycles.